The number of guanidine groups is 1. The fourth-order valence-corrected chi connectivity index (χ4v) is 2.87. The monoisotopic (exact) mass is 458 g/mol. The summed E-state index contributed by atoms with van der Waals surface area (Å²) in [6.07, 6.45) is 5.20. The molecule has 140 valence electrons. The van der Waals surface area contributed by atoms with Gasteiger partial charge in [-0.05, 0) is 32.3 Å². The van der Waals surface area contributed by atoms with Gasteiger partial charge < -0.3 is 16.0 Å². The maximum atomic E-state index is 11.9. The Bertz CT molecular complexity index is 539. The van der Waals surface area contributed by atoms with Crippen LogP contribution in [-0.4, -0.2) is 31.0 Å². The van der Waals surface area contributed by atoms with Crippen LogP contribution in [0.5, 0.6) is 0 Å². The van der Waals surface area contributed by atoms with Crippen LogP contribution in [0.4, 0.5) is 0 Å². The van der Waals surface area contributed by atoms with Crippen molar-refractivity contribution in [1.29, 1.82) is 0 Å². The third-order valence-electron chi connectivity index (χ3n) is 4.25. The summed E-state index contributed by atoms with van der Waals surface area (Å²) in [6, 6.07) is 8.77. The van der Waals surface area contributed by atoms with E-state index in [4.69, 9.17) is 0 Å². The van der Waals surface area contributed by atoms with Gasteiger partial charge in [0, 0.05) is 25.6 Å². The Balaban J connectivity index is 0.00000312. The number of aliphatic imine (C=N–C) groups is 1. The molecule has 0 radical (unpaired) electrons. The fourth-order valence-electron chi connectivity index (χ4n) is 2.87. The lowest BCUT2D eigenvalue weighted by Crippen LogP contribution is -2.40. The van der Waals surface area contributed by atoms with Crippen LogP contribution >= 0.6 is 24.0 Å². The molecule has 3 N–H and O–H groups in total. The Morgan fingerprint density at radius 3 is 2.48 bits per heavy atom. The molecule has 1 aliphatic rings. The quantitative estimate of drug-likeness (QED) is 0.334. The maximum absolute atomic E-state index is 11.9. The van der Waals surface area contributed by atoms with Gasteiger partial charge in [-0.25, -0.2) is 4.99 Å². The molecule has 1 aromatic carbocycles. The van der Waals surface area contributed by atoms with Gasteiger partial charge in [0.25, 0.3) is 0 Å². The van der Waals surface area contributed by atoms with Crippen molar-refractivity contribution in [3.05, 3.63) is 35.4 Å². The Hall–Kier alpha value is -1.31. The highest BCUT2D eigenvalue weighted by molar-refractivity contribution is 14.0. The molecule has 1 aromatic rings. The Labute approximate surface area is 168 Å². The van der Waals surface area contributed by atoms with Gasteiger partial charge in [-0.15, -0.1) is 24.0 Å². The van der Waals surface area contributed by atoms with Gasteiger partial charge in [0.1, 0.15) is 0 Å². The lowest BCUT2D eigenvalue weighted by atomic mass is 10.1. The third kappa shape index (κ3) is 8.56. The largest absolute Gasteiger partial charge is 0.357 e. The number of hydrogen-bond donors (Lipinski definition) is 3. The number of halogens is 1. The second-order valence-corrected chi connectivity index (χ2v) is 6.41. The minimum Gasteiger partial charge on any atom is -0.357 e. The molecule has 0 aliphatic heterocycles. The summed E-state index contributed by atoms with van der Waals surface area (Å²) in [5.41, 5.74) is 2.43. The van der Waals surface area contributed by atoms with Gasteiger partial charge in [-0.3, -0.25) is 4.79 Å². The number of nitrogens with zero attached hydrogens (tertiary/aromatic N) is 1. The van der Waals surface area contributed by atoms with Gasteiger partial charge in [0.15, 0.2) is 5.96 Å². The molecule has 0 aromatic heterocycles. The average molecular weight is 458 g/mol. The fraction of sp³-hybridized carbons (Fsp3) is 0.579. The van der Waals surface area contributed by atoms with Gasteiger partial charge in [0.2, 0.25) is 5.91 Å². The maximum Gasteiger partial charge on any atom is 0.221 e. The molecule has 1 aliphatic carbocycles. The highest BCUT2D eigenvalue weighted by atomic mass is 127. The van der Waals surface area contributed by atoms with E-state index in [0.717, 1.165) is 25.3 Å². The lowest BCUT2D eigenvalue weighted by molar-refractivity contribution is -0.121. The Morgan fingerprint density at radius 2 is 1.84 bits per heavy atom. The van der Waals surface area contributed by atoms with E-state index >= 15 is 0 Å². The van der Waals surface area contributed by atoms with Crippen LogP contribution in [0, 0.1) is 6.92 Å². The number of carbonyl (C=O) groups excluding carboxylic acids is 1. The van der Waals surface area contributed by atoms with Gasteiger partial charge >= 0.3 is 0 Å². The molecular formula is C19H31IN4O. The smallest absolute Gasteiger partial charge is 0.221 e. The average Bonchev–Trinajstić information content (AvgIpc) is 3.07. The molecule has 0 bridgehead atoms. The zero-order valence-electron chi connectivity index (χ0n) is 15.3. The number of carbonyl (C=O) groups is 1. The van der Waals surface area contributed by atoms with Crippen LogP contribution < -0.4 is 16.0 Å². The minimum absolute atomic E-state index is 0. The zero-order chi connectivity index (χ0) is 17.2. The number of hydrogen-bond acceptors (Lipinski definition) is 2. The Morgan fingerprint density at radius 1 is 1.16 bits per heavy atom. The van der Waals surface area contributed by atoms with Crippen LogP contribution in [0.15, 0.2) is 29.3 Å². The minimum atomic E-state index is 0. The number of rotatable bonds is 7. The van der Waals surface area contributed by atoms with Gasteiger partial charge in [-0.1, -0.05) is 42.7 Å². The molecule has 5 nitrogen and oxygen atoms in total. The highest BCUT2D eigenvalue weighted by Gasteiger charge is 2.16. The molecule has 0 atom stereocenters. The second kappa shape index (κ2) is 12.1. The van der Waals surface area contributed by atoms with Crippen LogP contribution in [-0.2, 0) is 11.3 Å². The van der Waals surface area contributed by atoms with E-state index in [0.29, 0.717) is 25.6 Å². The molecule has 0 unspecified atom stereocenters. The zero-order valence-corrected chi connectivity index (χ0v) is 17.6. The first-order chi connectivity index (χ1) is 11.7. The van der Waals surface area contributed by atoms with Crippen LogP contribution in [0.2, 0.25) is 0 Å². The van der Waals surface area contributed by atoms with Crippen LogP contribution in [0.1, 0.15) is 50.2 Å². The summed E-state index contributed by atoms with van der Waals surface area (Å²) < 4.78 is 0. The van der Waals surface area contributed by atoms with Crippen molar-refractivity contribution in [3.63, 3.8) is 0 Å². The first-order valence-electron chi connectivity index (χ1n) is 9.04. The number of benzene rings is 1. The molecule has 1 fully saturated rings. The molecule has 0 heterocycles. The van der Waals surface area contributed by atoms with Crippen molar-refractivity contribution in [1.82, 2.24) is 16.0 Å². The van der Waals surface area contributed by atoms with E-state index in [2.05, 4.69) is 52.1 Å². The van der Waals surface area contributed by atoms with E-state index < -0.39 is 0 Å². The Kier molecular flexibility index (Phi) is 10.5. The summed E-state index contributed by atoms with van der Waals surface area (Å²) >= 11 is 0. The van der Waals surface area contributed by atoms with E-state index in [-0.39, 0.29) is 29.9 Å². The van der Waals surface area contributed by atoms with E-state index in [1.165, 1.54) is 24.0 Å². The predicted octanol–water partition coefficient (Wildman–Crippen LogP) is 3.12. The molecule has 1 amide bonds. The number of nitrogens with one attached hydrogen (secondary N) is 3. The highest BCUT2D eigenvalue weighted by Crippen LogP contribution is 2.17. The van der Waals surface area contributed by atoms with Crippen molar-refractivity contribution >= 4 is 35.8 Å². The first-order valence-corrected chi connectivity index (χ1v) is 9.04. The molecule has 0 spiro atoms. The summed E-state index contributed by atoms with van der Waals surface area (Å²) in [5.74, 6) is 0.885. The second-order valence-electron chi connectivity index (χ2n) is 6.41. The van der Waals surface area contributed by atoms with Crippen molar-refractivity contribution in [2.75, 3.05) is 13.1 Å². The first kappa shape index (κ1) is 21.7. The molecule has 2 rings (SSSR count). The van der Waals surface area contributed by atoms with Crippen molar-refractivity contribution in [3.8, 4) is 0 Å². The molecule has 6 heteroatoms. The van der Waals surface area contributed by atoms with Crippen LogP contribution in [0.25, 0.3) is 0 Å². The molecule has 1 saturated carbocycles. The molecule has 0 saturated heterocycles. The predicted molar refractivity (Wildman–Crippen MR) is 114 cm³/mol. The lowest BCUT2D eigenvalue weighted by Gasteiger charge is -2.14. The van der Waals surface area contributed by atoms with Crippen LogP contribution in [0.3, 0.4) is 0 Å². The van der Waals surface area contributed by atoms with Crippen molar-refractivity contribution < 1.29 is 4.79 Å². The number of amides is 1. The van der Waals surface area contributed by atoms with Gasteiger partial charge in [0.05, 0.1) is 6.54 Å². The van der Waals surface area contributed by atoms with Gasteiger partial charge in [-0.2, -0.15) is 0 Å². The summed E-state index contributed by atoms with van der Waals surface area (Å²) in [5, 5.41) is 9.56. The van der Waals surface area contributed by atoms with E-state index in [1.807, 2.05) is 6.92 Å². The van der Waals surface area contributed by atoms with Crippen molar-refractivity contribution in [2.45, 2.75) is 58.5 Å². The topological polar surface area (TPSA) is 65.5 Å². The van der Waals surface area contributed by atoms with E-state index in [9.17, 15) is 4.79 Å². The SMILES string of the molecule is CCNC(=NCc1ccc(C)cc1)NCCC(=O)NC1CCCC1.I. The summed E-state index contributed by atoms with van der Waals surface area (Å²) in [6.45, 7) is 6.14. The molecule has 25 heavy (non-hydrogen) atoms. The molecular weight excluding hydrogens is 427 g/mol. The number of aryl methyl sites for hydroxylation is 1. The summed E-state index contributed by atoms with van der Waals surface area (Å²) in [4.78, 5) is 16.5. The standard InChI is InChI=1S/C19H30N4O.HI/c1-3-20-19(22-14-16-10-8-15(2)9-11-16)21-13-12-18(24)23-17-6-4-5-7-17;/h8-11,17H,3-7,12-14H2,1-2H3,(H,23,24)(H2,20,21,22);1H. The third-order valence-corrected chi connectivity index (χ3v) is 4.25. The van der Waals surface area contributed by atoms with Crippen molar-refractivity contribution in [2.24, 2.45) is 4.99 Å². The summed E-state index contributed by atoms with van der Waals surface area (Å²) in [7, 11) is 0. The normalized spacial score (nSPS) is 14.7. The van der Waals surface area contributed by atoms with E-state index in [1.54, 1.807) is 0 Å².